The molecule has 0 saturated carbocycles. The van der Waals surface area contributed by atoms with Crippen LogP contribution < -0.4 is 5.43 Å². The van der Waals surface area contributed by atoms with Crippen molar-refractivity contribution in [3.63, 3.8) is 0 Å². The zero-order valence-electron chi connectivity index (χ0n) is 15.1. The highest BCUT2D eigenvalue weighted by atomic mass is 16.2. The van der Waals surface area contributed by atoms with Gasteiger partial charge in [-0.3, -0.25) is 9.89 Å². The Kier molecular flexibility index (Phi) is 5.54. The third-order valence-corrected chi connectivity index (χ3v) is 4.06. The van der Waals surface area contributed by atoms with E-state index in [1.165, 1.54) is 5.56 Å². The maximum absolute atomic E-state index is 11.9. The van der Waals surface area contributed by atoms with Crippen molar-refractivity contribution in [3.8, 4) is 0 Å². The van der Waals surface area contributed by atoms with Crippen molar-refractivity contribution in [1.29, 1.82) is 0 Å². The molecule has 0 aliphatic carbocycles. The summed E-state index contributed by atoms with van der Waals surface area (Å²) < 4.78 is 0. The van der Waals surface area contributed by atoms with Crippen LogP contribution in [0, 0.1) is 13.8 Å². The average Bonchev–Trinajstić information content (AvgIpc) is 2.83. The van der Waals surface area contributed by atoms with E-state index < -0.39 is 0 Å². The van der Waals surface area contributed by atoms with Gasteiger partial charge in [-0.25, -0.2) is 5.43 Å². The molecule has 0 fully saturated rings. The smallest absolute Gasteiger partial charge is 0.240 e. The van der Waals surface area contributed by atoms with Crippen LogP contribution in [0.3, 0.4) is 0 Å². The van der Waals surface area contributed by atoms with E-state index in [2.05, 4.69) is 53.6 Å². The Labute approximate surface area is 143 Å². The highest BCUT2D eigenvalue weighted by Crippen LogP contribution is 2.21. The molecular formula is C19H26N4O. The molecule has 0 radical (unpaired) electrons. The van der Waals surface area contributed by atoms with Crippen LogP contribution in [0.5, 0.6) is 0 Å². The van der Waals surface area contributed by atoms with Gasteiger partial charge in [0.15, 0.2) is 0 Å². The Morgan fingerprint density at radius 3 is 2.46 bits per heavy atom. The number of aromatic nitrogens is 2. The van der Waals surface area contributed by atoms with Crippen molar-refractivity contribution >= 4 is 12.1 Å². The van der Waals surface area contributed by atoms with Crippen molar-refractivity contribution in [2.24, 2.45) is 5.10 Å². The number of H-pyrrole nitrogens is 1. The zero-order chi connectivity index (χ0) is 17.7. The van der Waals surface area contributed by atoms with Crippen LogP contribution in [0.4, 0.5) is 0 Å². The van der Waals surface area contributed by atoms with Crippen LogP contribution in [0.25, 0.3) is 0 Å². The van der Waals surface area contributed by atoms with Gasteiger partial charge in [-0.15, -0.1) is 0 Å². The third kappa shape index (κ3) is 4.78. The van der Waals surface area contributed by atoms with Gasteiger partial charge in [-0.2, -0.15) is 10.2 Å². The standard InChI is InChI=1S/C19H26N4O/c1-13-17(14(2)22-21-13)10-11-18(24)23-20-12-15-6-8-16(9-7-15)19(3,4)5/h6-9,12H,10-11H2,1-5H3,(H,21,22)(H,23,24)/b20-12-. The van der Waals surface area contributed by atoms with Crippen molar-refractivity contribution in [2.45, 2.75) is 52.9 Å². The minimum absolute atomic E-state index is 0.0995. The summed E-state index contributed by atoms with van der Waals surface area (Å²) in [5, 5.41) is 11.1. The van der Waals surface area contributed by atoms with Crippen LogP contribution in [0.2, 0.25) is 0 Å². The number of carbonyl (C=O) groups excluding carboxylic acids is 1. The fourth-order valence-electron chi connectivity index (χ4n) is 2.48. The molecule has 0 spiro atoms. The number of hydrogen-bond acceptors (Lipinski definition) is 3. The molecule has 0 bridgehead atoms. The summed E-state index contributed by atoms with van der Waals surface area (Å²) in [6.07, 6.45) is 2.72. The van der Waals surface area contributed by atoms with Crippen molar-refractivity contribution in [1.82, 2.24) is 15.6 Å². The first-order chi connectivity index (χ1) is 11.3. The highest BCUT2D eigenvalue weighted by Gasteiger charge is 2.12. The number of benzene rings is 1. The van der Waals surface area contributed by atoms with Crippen LogP contribution in [-0.4, -0.2) is 22.3 Å². The van der Waals surface area contributed by atoms with E-state index >= 15 is 0 Å². The van der Waals surface area contributed by atoms with Gasteiger partial charge in [0.05, 0.1) is 11.9 Å². The van der Waals surface area contributed by atoms with Gasteiger partial charge >= 0.3 is 0 Å². The van der Waals surface area contributed by atoms with Crippen LogP contribution in [-0.2, 0) is 16.6 Å². The first-order valence-corrected chi connectivity index (χ1v) is 8.20. The van der Waals surface area contributed by atoms with Crippen molar-refractivity contribution in [3.05, 3.63) is 52.3 Å². The molecule has 0 atom stereocenters. The Morgan fingerprint density at radius 1 is 1.25 bits per heavy atom. The van der Waals surface area contributed by atoms with Gasteiger partial charge in [-0.05, 0) is 42.4 Å². The van der Waals surface area contributed by atoms with E-state index in [1.807, 2.05) is 26.0 Å². The van der Waals surface area contributed by atoms with Gasteiger partial charge in [-0.1, -0.05) is 45.0 Å². The summed E-state index contributed by atoms with van der Waals surface area (Å²) in [6, 6.07) is 8.20. The molecule has 5 nitrogen and oxygen atoms in total. The number of aromatic amines is 1. The van der Waals surface area contributed by atoms with Gasteiger partial charge in [0.25, 0.3) is 0 Å². The lowest BCUT2D eigenvalue weighted by Gasteiger charge is -2.18. The van der Waals surface area contributed by atoms with E-state index in [-0.39, 0.29) is 11.3 Å². The molecule has 5 heteroatoms. The van der Waals surface area contributed by atoms with E-state index in [1.54, 1.807) is 6.21 Å². The molecule has 2 N–H and O–H groups in total. The van der Waals surface area contributed by atoms with E-state index in [9.17, 15) is 4.79 Å². The number of aryl methyl sites for hydroxylation is 2. The molecule has 1 aromatic carbocycles. The number of nitrogens with one attached hydrogen (secondary N) is 2. The lowest BCUT2D eigenvalue weighted by atomic mass is 9.87. The molecule has 128 valence electrons. The van der Waals surface area contributed by atoms with Gasteiger partial charge in [0.2, 0.25) is 5.91 Å². The van der Waals surface area contributed by atoms with Crippen LogP contribution >= 0.6 is 0 Å². The predicted octanol–water partition coefficient (Wildman–Crippen LogP) is 3.41. The molecule has 2 aromatic rings. The maximum Gasteiger partial charge on any atom is 0.240 e. The number of hydrazone groups is 1. The summed E-state index contributed by atoms with van der Waals surface area (Å²) in [6.45, 7) is 10.4. The number of carbonyl (C=O) groups is 1. The molecule has 24 heavy (non-hydrogen) atoms. The lowest BCUT2D eigenvalue weighted by molar-refractivity contribution is -0.121. The summed E-state index contributed by atoms with van der Waals surface area (Å²) in [5.74, 6) is -0.0995. The second-order valence-electron chi connectivity index (χ2n) is 7.08. The van der Waals surface area contributed by atoms with Crippen molar-refractivity contribution < 1.29 is 4.79 Å². The van der Waals surface area contributed by atoms with E-state index in [0.29, 0.717) is 12.8 Å². The Hall–Kier alpha value is -2.43. The quantitative estimate of drug-likeness (QED) is 0.653. The number of rotatable bonds is 5. The SMILES string of the molecule is Cc1n[nH]c(C)c1CCC(=O)N/N=C\c1ccc(C(C)(C)C)cc1. The fourth-order valence-corrected chi connectivity index (χ4v) is 2.48. The first-order valence-electron chi connectivity index (χ1n) is 8.20. The fraction of sp³-hybridized carbons (Fsp3) is 0.421. The largest absolute Gasteiger partial charge is 0.282 e. The molecule has 0 saturated heterocycles. The monoisotopic (exact) mass is 326 g/mol. The third-order valence-electron chi connectivity index (χ3n) is 4.06. The van der Waals surface area contributed by atoms with Gasteiger partial charge < -0.3 is 0 Å². The number of nitrogens with zero attached hydrogens (tertiary/aromatic N) is 2. The molecule has 2 rings (SSSR count). The maximum atomic E-state index is 11.9. The van der Waals surface area contributed by atoms with E-state index in [4.69, 9.17) is 0 Å². The summed E-state index contributed by atoms with van der Waals surface area (Å²) >= 11 is 0. The van der Waals surface area contributed by atoms with Crippen molar-refractivity contribution in [2.75, 3.05) is 0 Å². The molecule has 1 aromatic heterocycles. The Bertz CT molecular complexity index is 701. The number of hydrogen-bond donors (Lipinski definition) is 2. The minimum atomic E-state index is -0.0995. The lowest BCUT2D eigenvalue weighted by Crippen LogP contribution is -2.18. The second kappa shape index (κ2) is 7.43. The predicted molar refractivity (Wildman–Crippen MR) is 97.3 cm³/mol. The van der Waals surface area contributed by atoms with Gasteiger partial charge in [0.1, 0.15) is 0 Å². The highest BCUT2D eigenvalue weighted by molar-refractivity contribution is 5.82. The number of amides is 1. The summed E-state index contributed by atoms with van der Waals surface area (Å²) in [4.78, 5) is 11.9. The topological polar surface area (TPSA) is 70.1 Å². The minimum Gasteiger partial charge on any atom is -0.282 e. The molecule has 0 unspecified atom stereocenters. The van der Waals surface area contributed by atoms with E-state index in [0.717, 1.165) is 22.5 Å². The van der Waals surface area contributed by atoms with Gasteiger partial charge in [0, 0.05) is 12.1 Å². The zero-order valence-corrected chi connectivity index (χ0v) is 15.1. The molecule has 0 aliphatic heterocycles. The Morgan fingerprint density at radius 2 is 1.92 bits per heavy atom. The second-order valence-corrected chi connectivity index (χ2v) is 7.08. The molecular weight excluding hydrogens is 300 g/mol. The normalized spacial score (nSPS) is 11.9. The molecule has 1 amide bonds. The first kappa shape index (κ1) is 17.9. The summed E-state index contributed by atoms with van der Waals surface area (Å²) in [7, 11) is 0. The summed E-state index contributed by atoms with van der Waals surface area (Å²) in [5.41, 5.74) is 8.01. The molecule has 1 heterocycles. The van der Waals surface area contributed by atoms with Crippen LogP contribution in [0.15, 0.2) is 29.4 Å². The molecule has 0 aliphatic rings. The average molecular weight is 326 g/mol. The Balaban J connectivity index is 1.84. The van der Waals surface area contributed by atoms with Crippen LogP contribution in [0.1, 0.15) is 55.3 Å².